The van der Waals surface area contributed by atoms with Crippen molar-refractivity contribution in [3.63, 3.8) is 0 Å². The van der Waals surface area contributed by atoms with E-state index < -0.39 is 5.97 Å². The fourth-order valence-corrected chi connectivity index (χ4v) is 3.09. The van der Waals surface area contributed by atoms with Crippen molar-refractivity contribution in [3.05, 3.63) is 33.8 Å². The van der Waals surface area contributed by atoms with Gasteiger partial charge in [0.2, 0.25) is 0 Å². The molecule has 0 spiro atoms. The fraction of sp³-hybridized carbons (Fsp3) is 0.562. The first-order chi connectivity index (χ1) is 9.61. The zero-order valence-corrected chi connectivity index (χ0v) is 13.1. The molecule has 0 bridgehead atoms. The average Bonchev–Trinajstić information content (AvgIpc) is 3.27. The second-order valence-corrected chi connectivity index (χ2v) is 7.05. The molecular weight excluding hydrogens is 318 g/mol. The smallest absolute Gasteiger partial charge is 0.335 e. The molecule has 0 aliphatic heterocycles. The van der Waals surface area contributed by atoms with Gasteiger partial charge in [0, 0.05) is 24.1 Å². The molecule has 3 nitrogen and oxygen atoms in total. The van der Waals surface area contributed by atoms with Crippen molar-refractivity contribution in [2.75, 3.05) is 13.1 Å². The molecule has 0 amide bonds. The van der Waals surface area contributed by atoms with Crippen molar-refractivity contribution < 1.29 is 9.90 Å². The highest BCUT2D eigenvalue weighted by Crippen LogP contribution is 2.34. The van der Waals surface area contributed by atoms with Crippen LogP contribution in [0.4, 0.5) is 0 Å². The van der Waals surface area contributed by atoms with Gasteiger partial charge in [0.25, 0.3) is 0 Å². The van der Waals surface area contributed by atoms with Crippen molar-refractivity contribution in [2.24, 2.45) is 11.8 Å². The lowest BCUT2D eigenvalue weighted by atomic mass is 10.1. The molecule has 3 rings (SSSR count). The third kappa shape index (κ3) is 3.83. The number of hydrogen-bond acceptors (Lipinski definition) is 2. The predicted molar refractivity (Wildman–Crippen MR) is 81.8 cm³/mol. The molecule has 2 fully saturated rings. The Hall–Kier alpha value is -0.870. The highest BCUT2D eigenvalue weighted by molar-refractivity contribution is 9.10. The van der Waals surface area contributed by atoms with E-state index in [4.69, 9.17) is 5.11 Å². The second-order valence-electron chi connectivity index (χ2n) is 6.19. The van der Waals surface area contributed by atoms with Crippen LogP contribution in [0, 0.1) is 11.8 Å². The summed E-state index contributed by atoms with van der Waals surface area (Å²) in [7, 11) is 0. The van der Waals surface area contributed by atoms with Gasteiger partial charge in [0.05, 0.1) is 5.56 Å². The monoisotopic (exact) mass is 337 g/mol. The summed E-state index contributed by atoms with van der Waals surface area (Å²) in [6.45, 7) is 3.32. The normalized spacial score (nSPS) is 18.5. The van der Waals surface area contributed by atoms with Crippen LogP contribution in [0.2, 0.25) is 0 Å². The van der Waals surface area contributed by atoms with Gasteiger partial charge in [0.15, 0.2) is 0 Å². The molecular formula is C16H20BrNO2. The molecule has 0 radical (unpaired) electrons. The molecule has 1 aromatic carbocycles. The lowest BCUT2D eigenvalue weighted by Crippen LogP contribution is -2.28. The van der Waals surface area contributed by atoms with Gasteiger partial charge in [-0.05, 0) is 55.2 Å². The largest absolute Gasteiger partial charge is 0.478 e. The summed E-state index contributed by atoms with van der Waals surface area (Å²) < 4.78 is 0.911. The van der Waals surface area contributed by atoms with Crippen molar-refractivity contribution in [3.8, 4) is 0 Å². The molecule has 0 aromatic heterocycles. The van der Waals surface area contributed by atoms with Crippen LogP contribution in [-0.4, -0.2) is 29.1 Å². The number of aromatic carboxylic acids is 1. The Labute approximate surface area is 128 Å². The van der Waals surface area contributed by atoms with E-state index in [1.807, 2.05) is 6.07 Å². The van der Waals surface area contributed by atoms with Gasteiger partial charge in [-0.3, -0.25) is 4.90 Å². The van der Waals surface area contributed by atoms with Crippen LogP contribution in [-0.2, 0) is 6.54 Å². The van der Waals surface area contributed by atoms with E-state index in [1.54, 1.807) is 12.1 Å². The van der Waals surface area contributed by atoms with Gasteiger partial charge >= 0.3 is 5.97 Å². The maximum Gasteiger partial charge on any atom is 0.335 e. The summed E-state index contributed by atoms with van der Waals surface area (Å²) in [5.74, 6) is 0.918. The molecule has 2 aliphatic rings. The summed E-state index contributed by atoms with van der Waals surface area (Å²) >= 11 is 3.52. The molecule has 1 N–H and O–H groups in total. The van der Waals surface area contributed by atoms with Crippen LogP contribution in [0.3, 0.4) is 0 Å². The summed E-state index contributed by atoms with van der Waals surface area (Å²) in [6.07, 6.45) is 5.50. The lowest BCUT2D eigenvalue weighted by molar-refractivity contribution is 0.0697. The number of hydrogen-bond donors (Lipinski definition) is 1. The van der Waals surface area contributed by atoms with Crippen molar-refractivity contribution in [1.29, 1.82) is 0 Å². The van der Waals surface area contributed by atoms with Crippen molar-refractivity contribution in [2.45, 2.75) is 32.2 Å². The first-order valence-electron chi connectivity index (χ1n) is 7.36. The molecule has 0 atom stereocenters. The number of halogens is 1. The molecule has 0 saturated heterocycles. The zero-order valence-electron chi connectivity index (χ0n) is 11.5. The van der Waals surface area contributed by atoms with E-state index in [-0.39, 0.29) is 0 Å². The number of rotatable bonds is 7. The number of benzene rings is 1. The number of carboxylic acids is 1. The molecule has 0 heterocycles. The summed E-state index contributed by atoms with van der Waals surface area (Å²) in [5.41, 5.74) is 1.54. The van der Waals surface area contributed by atoms with Crippen LogP contribution < -0.4 is 0 Å². The minimum atomic E-state index is -0.870. The Balaban J connectivity index is 1.67. The number of nitrogens with zero attached hydrogens (tertiary/aromatic N) is 1. The number of carboxylic acid groups (broad SMARTS) is 1. The van der Waals surface area contributed by atoms with E-state index in [2.05, 4.69) is 20.8 Å². The van der Waals surface area contributed by atoms with Gasteiger partial charge in [-0.1, -0.05) is 22.0 Å². The SMILES string of the molecule is O=C(O)c1ccc(CN(CC2CC2)CC2CC2)c(Br)c1. The lowest BCUT2D eigenvalue weighted by Gasteiger charge is -2.23. The van der Waals surface area contributed by atoms with Crippen LogP contribution in [0.25, 0.3) is 0 Å². The quantitative estimate of drug-likeness (QED) is 0.823. The Morgan fingerprint density at radius 1 is 1.20 bits per heavy atom. The maximum atomic E-state index is 11.0. The van der Waals surface area contributed by atoms with E-state index in [9.17, 15) is 4.79 Å². The topological polar surface area (TPSA) is 40.5 Å². The Morgan fingerprint density at radius 2 is 1.80 bits per heavy atom. The van der Waals surface area contributed by atoms with E-state index in [1.165, 1.54) is 44.3 Å². The molecule has 0 unspecified atom stereocenters. The zero-order chi connectivity index (χ0) is 14.1. The fourth-order valence-electron chi connectivity index (χ4n) is 2.58. The molecule has 20 heavy (non-hydrogen) atoms. The third-order valence-electron chi connectivity index (χ3n) is 4.12. The van der Waals surface area contributed by atoms with Crippen molar-refractivity contribution in [1.82, 2.24) is 4.90 Å². The van der Waals surface area contributed by atoms with E-state index in [0.717, 1.165) is 22.9 Å². The summed E-state index contributed by atoms with van der Waals surface area (Å²) in [5, 5.41) is 9.01. The maximum absolute atomic E-state index is 11.0. The van der Waals surface area contributed by atoms with Crippen LogP contribution in [0.5, 0.6) is 0 Å². The Morgan fingerprint density at radius 3 is 2.25 bits per heavy atom. The Bertz CT molecular complexity index is 495. The van der Waals surface area contributed by atoms with E-state index >= 15 is 0 Å². The number of carbonyl (C=O) groups is 1. The molecule has 4 heteroatoms. The molecule has 2 aliphatic carbocycles. The first kappa shape index (κ1) is 14.1. The van der Waals surface area contributed by atoms with Gasteiger partial charge in [-0.15, -0.1) is 0 Å². The van der Waals surface area contributed by atoms with Crippen LogP contribution >= 0.6 is 15.9 Å². The van der Waals surface area contributed by atoms with Gasteiger partial charge in [-0.25, -0.2) is 4.79 Å². The summed E-state index contributed by atoms with van der Waals surface area (Å²) in [4.78, 5) is 13.5. The predicted octanol–water partition coefficient (Wildman–Crippen LogP) is 3.77. The standard InChI is InChI=1S/C16H20BrNO2/c17-15-7-13(16(19)20)5-6-14(15)10-18(8-11-1-2-11)9-12-3-4-12/h5-7,11-12H,1-4,8-10H2,(H,19,20). The van der Waals surface area contributed by atoms with Gasteiger partial charge in [0.1, 0.15) is 0 Å². The van der Waals surface area contributed by atoms with Gasteiger partial charge in [-0.2, -0.15) is 0 Å². The molecule has 1 aromatic rings. The van der Waals surface area contributed by atoms with Crippen LogP contribution in [0.1, 0.15) is 41.6 Å². The third-order valence-corrected chi connectivity index (χ3v) is 4.86. The van der Waals surface area contributed by atoms with Crippen molar-refractivity contribution >= 4 is 21.9 Å². The van der Waals surface area contributed by atoms with Gasteiger partial charge < -0.3 is 5.11 Å². The van der Waals surface area contributed by atoms with Crippen LogP contribution in [0.15, 0.2) is 22.7 Å². The highest BCUT2D eigenvalue weighted by Gasteiger charge is 2.29. The highest BCUT2D eigenvalue weighted by atomic mass is 79.9. The minimum Gasteiger partial charge on any atom is -0.478 e. The Kier molecular flexibility index (Phi) is 4.13. The summed E-state index contributed by atoms with van der Waals surface area (Å²) in [6, 6.07) is 5.36. The average molecular weight is 338 g/mol. The first-order valence-corrected chi connectivity index (χ1v) is 8.15. The second kappa shape index (κ2) is 5.86. The van der Waals surface area contributed by atoms with E-state index in [0.29, 0.717) is 5.56 Å². The molecule has 108 valence electrons. The molecule has 2 saturated carbocycles. The minimum absolute atomic E-state index is 0.344.